The molecular formula is C28H32F3NO3. The quantitative estimate of drug-likeness (QED) is 0.327. The molecule has 2 atom stereocenters. The van der Waals surface area contributed by atoms with E-state index in [1.165, 1.54) is 19.2 Å². The van der Waals surface area contributed by atoms with Crippen molar-refractivity contribution in [1.82, 2.24) is 4.98 Å². The molecule has 0 N–H and O–H groups in total. The number of halogens is 3. The number of carbonyl (C=O) groups is 2. The number of ketones is 1. The maximum Gasteiger partial charge on any atom is 0.416 e. The monoisotopic (exact) mass is 487 g/mol. The normalized spacial score (nSPS) is 20.9. The van der Waals surface area contributed by atoms with Crippen LogP contribution >= 0.6 is 0 Å². The number of fused-ring (bicyclic) bond motifs is 1. The Balaban J connectivity index is 2.02. The lowest BCUT2D eigenvalue weighted by Gasteiger charge is -2.38. The summed E-state index contributed by atoms with van der Waals surface area (Å²) < 4.78 is 45.9. The number of pyridine rings is 1. The standard InChI is InChI=1S/C28H32F3NO3/c1-16(35-4)25-24(26(34)18-10-7-11-20(12-18)28(29,30)31)23(17-8-5-6-9-17)22-19(15-33)13-27(2,3)14-21(22)32-25/h7,10-12,15-17,19H,5-6,8-9,13-14H2,1-4H3. The minimum atomic E-state index is -4.56. The molecule has 2 unspecified atom stereocenters. The molecule has 0 amide bonds. The first-order valence-corrected chi connectivity index (χ1v) is 12.2. The number of carbonyl (C=O) groups excluding carboxylic acids is 2. The maximum absolute atomic E-state index is 14.0. The van der Waals surface area contributed by atoms with E-state index in [0.29, 0.717) is 24.1 Å². The van der Waals surface area contributed by atoms with Crippen molar-refractivity contribution in [2.45, 2.75) is 83.4 Å². The van der Waals surface area contributed by atoms with E-state index in [-0.39, 0.29) is 16.9 Å². The Morgan fingerprint density at radius 2 is 1.89 bits per heavy atom. The first-order valence-electron chi connectivity index (χ1n) is 12.2. The summed E-state index contributed by atoms with van der Waals surface area (Å²) >= 11 is 0. The van der Waals surface area contributed by atoms with Crippen molar-refractivity contribution in [3.05, 3.63) is 63.5 Å². The predicted molar refractivity (Wildman–Crippen MR) is 127 cm³/mol. The molecule has 0 bridgehead atoms. The van der Waals surface area contributed by atoms with Gasteiger partial charge in [0.25, 0.3) is 0 Å². The SMILES string of the molecule is COC(C)c1nc2c(c(C3CCCC3)c1C(=O)c1cccc(C(F)(F)F)c1)C(C=O)CC(C)(C)C2. The van der Waals surface area contributed by atoms with Gasteiger partial charge in [-0.05, 0) is 67.2 Å². The van der Waals surface area contributed by atoms with Crippen molar-refractivity contribution >= 4 is 12.1 Å². The third-order valence-corrected chi connectivity index (χ3v) is 7.52. The molecule has 188 valence electrons. The highest BCUT2D eigenvalue weighted by Crippen LogP contribution is 2.49. The first kappa shape index (κ1) is 25.5. The lowest BCUT2D eigenvalue weighted by Crippen LogP contribution is -2.31. The van der Waals surface area contributed by atoms with Crippen LogP contribution in [0.3, 0.4) is 0 Å². The molecule has 0 radical (unpaired) electrons. The zero-order valence-corrected chi connectivity index (χ0v) is 20.7. The van der Waals surface area contributed by atoms with E-state index in [1.54, 1.807) is 6.92 Å². The van der Waals surface area contributed by atoms with Crippen LogP contribution in [0.4, 0.5) is 13.2 Å². The Hall–Kier alpha value is -2.54. The van der Waals surface area contributed by atoms with Crippen LogP contribution in [0.5, 0.6) is 0 Å². The Labute approximate surface area is 204 Å². The van der Waals surface area contributed by atoms with E-state index in [1.807, 2.05) is 0 Å². The fourth-order valence-corrected chi connectivity index (χ4v) is 5.84. The van der Waals surface area contributed by atoms with Crippen LogP contribution in [-0.2, 0) is 22.1 Å². The van der Waals surface area contributed by atoms with Crippen molar-refractivity contribution in [2.75, 3.05) is 7.11 Å². The average molecular weight is 488 g/mol. The molecule has 4 rings (SSSR count). The number of rotatable bonds is 6. The molecule has 1 fully saturated rings. The molecule has 1 aromatic carbocycles. The van der Waals surface area contributed by atoms with Crippen molar-refractivity contribution in [3.8, 4) is 0 Å². The van der Waals surface area contributed by atoms with Crippen LogP contribution in [0.2, 0.25) is 0 Å². The summed E-state index contributed by atoms with van der Waals surface area (Å²) in [5, 5.41) is 0. The molecule has 1 aromatic heterocycles. The molecule has 4 nitrogen and oxygen atoms in total. The minimum Gasteiger partial charge on any atom is -0.375 e. The average Bonchev–Trinajstić information content (AvgIpc) is 3.35. The second-order valence-electron chi connectivity index (χ2n) is 10.7. The van der Waals surface area contributed by atoms with Gasteiger partial charge in [-0.1, -0.05) is 38.8 Å². The number of hydrogen-bond acceptors (Lipinski definition) is 4. The molecule has 0 aliphatic heterocycles. The Morgan fingerprint density at radius 3 is 2.49 bits per heavy atom. The number of hydrogen-bond donors (Lipinski definition) is 0. The highest BCUT2D eigenvalue weighted by molar-refractivity contribution is 6.11. The van der Waals surface area contributed by atoms with Gasteiger partial charge >= 0.3 is 6.18 Å². The predicted octanol–water partition coefficient (Wildman–Crippen LogP) is 6.95. The lowest BCUT2D eigenvalue weighted by atomic mass is 9.67. The zero-order valence-electron chi connectivity index (χ0n) is 20.7. The van der Waals surface area contributed by atoms with Gasteiger partial charge in [0, 0.05) is 24.3 Å². The fraction of sp³-hybridized carbons (Fsp3) is 0.536. The summed E-state index contributed by atoms with van der Waals surface area (Å²) in [6, 6.07) is 4.54. The number of nitrogens with zero attached hydrogens (tertiary/aromatic N) is 1. The number of aldehydes is 1. The van der Waals surface area contributed by atoms with Gasteiger partial charge < -0.3 is 9.53 Å². The Kier molecular flexibility index (Phi) is 6.93. The van der Waals surface area contributed by atoms with Crippen molar-refractivity contribution in [3.63, 3.8) is 0 Å². The Bertz CT molecular complexity index is 1130. The van der Waals surface area contributed by atoms with E-state index in [4.69, 9.17) is 9.72 Å². The summed E-state index contributed by atoms with van der Waals surface area (Å²) in [6.45, 7) is 6.00. The summed E-state index contributed by atoms with van der Waals surface area (Å²) in [5.74, 6) is -0.846. The molecule has 2 aliphatic carbocycles. The largest absolute Gasteiger partial charge is 0.416 e. The van der Waals surface area contributed by atoms with Gasteiger partial charge in [-0.2, -0.15) is 13.2 Å². The van der Waals surface area contributed by atoms with Gasteiger partial charge in [0.1, 0.15) is 6.29 Å². The highest BCUT2D eigenvalue weighted by Gasteiger charge is 2.40. The van der Waals surface area contributed by atoms with Crippen molar-refractivity contribution < 1.29 is 27.5 Å². The lowest BCUT2D eigenvalue weighted by molar-refractivity contribution is -0.137. The molecule has 7 heteroatoms. The van der Waals surface area contributed by atoms with E-state index in [0.717, 1.165) is 60.9 Å². The van der Waals surface area contributed by atoms with E-state index >= 15 is 0 Å². The third-order valence-electron chi connectivity index (χ3n) is 7.52. The van der Waals surface area contributed by atoms with Gasteiger partial charge in [-0.3, -0.25) is 9.78 Å². The summed E-state index contributed by atoms with van der Waals surface area (Å²) in [6.07, 6.45) is 0.897. The second-order valence-corrected chi connectivity index (χ2v) is 10.7. The number of ether oxygens (including phenoxy) is 1. The summed E-state index contributed by atoms with van der Waals surface area (Å²) in [7, 11) is 1.53. The van der Waals surface area contributed by atoms with Crippen molar-refractivity contribution in [1.29, 1.82) is 0 Å². The minimum absolute atomic E-state index is 0.0378. The van der Waals surface area contributed by atoms with E-state index in [2.05, 4.69) is 13.8 Å². The van der Waals surface area contributed by atoms with Crippen LogP contribution in [-0.4, -0.2) is 24.2 Å². The number of alkyl halides is 3. The zero-order chi connectivity index (χ0) is 25.5. The van der Waals surface area contributed by atoms with Crippen LogP contribution in [0.15, 0.2) is 24.3 Å². The van der Waals surface area contributed by atoms with E-state index < -0.39 is 29.5 Å². The molecule has 0 saturated heterocycles. The second kappa shape index (κ2) is 9.49. The van der Waals surface area contributed by atoms with Gasteiger partial charge in [0.05, 0.1) is 22.9 Å². The van der Waals surface area contributed by atoms with Gasteiger partial charge in [-0.15, -0.1) is 0 Å². The number of methoxy groups -OCH3 is 1. The summed E-state index contributed by atoms with van der Waals surface area (Å²) in [4.78, 5) is 31.2. The van der Waals surface area contributed by atoms with Crippen LogP contribution in [0.25, 0.3) is 0 Å². The highest BCUT2D eigenvalue weighted by atomic mass is 19.4. The molecule has 2 aromatic rings. The smallest absolute Gasteiger partial charge is 0.375 e. The molecule has 2 aliphatic rings. The van der Waals surface area contributed by atoms with Crippen LogP contribution in [0.1, 0.15) is 115 Å². The van der Waals surface area contributed by atoms with Gasteiger partial charge in [0.15, 0.2) is 5.78 Å². The Morgan fingerprint density at radius 1 is 1.20 bits per heavy atom. The van der Waals surface area contributed by atoms with E-state index in [9.17, 15) is 22.8 Å². The molecule has 35 heavy (non-hydrogen) atoms. The number of aromatic nitrogens is 1. The first-order chi connectivity index (χ1) is 16.5. The van der Waals surface area contributed by atoms with Crippen LogP contribution in [0, 0.1) is 5.41 Å². The molecule has 1 saturated carbocycles. The molecule has 1 heterocycles. The third kappa shape index (κ3) is 4.92. The maximum atomic E-state index is 14.0. The van der Waals surface area contributed by atoms with Crippen molar-refractivity contribution in [2.24, 2.45) is 5.41 Å². The van der Waals surface area contributed by atoms with Crippen LogP contribution < -0.4 is 0 Å². The molecular weight excluding hydrogens is 455 g/mol. The summed E-state index contributed by atoms with van der Waals surface area (Å²) in [5.41, 5.74) is 2.14. The fourth-order valence-electron chi connectivity index (χ4n) is 5.84. The molecule has 0 spiro atoms. The topological polar surface area (TPSA) is 56.3 Å². The number of benzene rings is 1. The van der Waals surface area contributed by atoms with Gasteiger partial charge in [-0.25, -0.2) is 0 Å². The van der Waals surface area contributed by atoms with Gasteiger partial charge in [0.2, 0.25) is 0 Å².